The molecule has 2 aliphatic rings. The number of halogens is 3. The van der Waals surface area contributed by atoms with Crippen LogP contribution in [0.4, 0.5) is 0 Å². The van der Waals surface area contributed by atoms with Crippen LogP contribution in [-0.2, 0) is 4.79 Å². The van der Waals surface area contributed by atoms with Gasteiger partial charge in [-0.3, -0.25) is 4.79 Å². The number of imidazole rings is 1. The Labute approximate surface area is 183 Å². The Morgan fingerprint density at radius 2 is 1.93 bits per heavy atom. The minimum absolute atomic E-state index is 0. The monoisotopic (exact) mass is 444 g/mol. The molecule has 3 N–H and O–H groups in total. The van der Waals surface area contributed by atoms with Gasteiger partial charge in [0.1, 0.15) is 5.82 Å². The molecule has 8 heteroatoms. The highest BCUT2D eigenvalue weighted by atomic mass is 35.5. The number of rotatable bonds is 4. The molecule has 1 aromatic carbocycles. The van der Waals surface area contributed by atoms with E-state index in [1.165, 1.54) is 0 Å². The van der Waals surface area contributed by atoms with Gasteiger partial charge in [0.15, 0.2) is 0 Å². The van der Waals surface area contributed by atoms with Crippen LogP contribution in [-0.4, -0.2) is 33.9 Å². The molecule has 0 spiro atoms. The summed E-state index contributed by atoms with van der Waals surface area (Å²) in [5.41, 5.74) is 7.89. The molecule has 28 heavy (non-hydrogen) atoms. The Morgan fingerprint density at radius 1 is 1.18 bits per heavy atom. The number of likely N-dealkylation sites (tertiary alicyclic amines) is 1. The van der Waals surface area contributed by atoms with E-state index in [0.717, 1.165) is 55.7 Å². The van der Waals surface area contributed by atoms with E-state index in [9.17, 15) is 4.79 Å². The van der Waals surface area contributed by atoms with Gasteiger partial charge in [-0.25, -0.2) is 4.98 Å². The van der Waals surface area contributed by atoms with Gasteiger partial charge in [0, 0.05) is 17.5 Å². The molecule has 1 saturated heterocycles. The third-order valence-electron chi connectivity index (χ3n) is 5.88. The molecule has 2 heterocycles. The van der Waals surface area contributed by atoms with E-state index >= 15 is 0 Å². The van der Waals surface area contributed by atoms with E-state index in [1.807, 2.05) is 35.4 Å². The van der Waals surface area contributed by atoms with Crippen molar-refractivity contribution in [3.63, 3.8) is 0 Å². The fourth-order valence-corrected chi connectivity index (χ4v) is 4.58. The second-order valence-corrected chi connectivity index (χ2v) is 7.85. The number of aromatic amines is 1. The minimum atomic E-state index is 0. The number of nitrogens with zero attached hydrogens (tertiary/aromatic N) is 2. The largest absolute Gasteiger partial charge is 0.340 e. The van der Waals surface area contributed by atoms with Crippen molar-refractivity contribution in [1.29, 1.82) is 0 Å². The molecule has 0 bridgehead atoms. The molecule has 0 radical (unpaired) electrons. The quantitative estimate of drug-likeness (QED) is 0.721. The third kappa shape index (κ3) is 4.48. The van der Waals surface area contributed by atoms with E-state index in [-0.39, 0.29) is 42.7 Å². The highest BCUT2D eigenvalue weighted by Crippen LogP contribution is 2.38. The molecule has 2 aromatic rings. The number of nitrogens with one attached hydrogen (secondary N) is 1. The van der Waals surface area contributed by atoms with E-state index in [2.05, 4.69) is 9.97 Å². The molecule has 1 unspecified atom stereocenters. The number of benzene rings is 1. The summed E-state index contributed by atoms with van der Waals surface area (Å²) in [7, 11) is 0. The van der Waals surface area contributed by atoms with Crippen LogP contribution in [0.25, 0.3) is 11.3 Å². The van der Waals surface area contributed by atoms with Gasteiger partial charge in [0.05, 0.1) is 17.9 Å². The van der Waals surface area contributed by atoms with Crippen molar-refractivity contribution in [2.24, 2.45) is 17.6 Å². The highest BCUT2D eigenvalue weighted by Gasteiger charge is 2.39. The molecule has 1 aromatic heterocycles. The van der Waals surface area contributed by atoms with Crippen LogP contribution in [0.15, 0.2) is 30.5 Å². The second-order valence-electron chi connectivity index (χ2n) is 7.41. The molecule has 3 atom stereocenters. The maximum atomic E-state index is 13.1. The van der Waals surface area contributed by atoms with Crippen molar-refractivity contribution in [3.05, 3.63) is 41.3 Å². The summed E-state index contributed by atoms with van der Waals surface area (Å²) in [4.78, 5) is 23.2. The smallest absolute Gasteiger partial charge is 0.226 e. The Balaban J connectivity index is 0.00000140. The molecule has 4 rings (SSSR count). The molecule has 2 fully saturated rings. The molecule has 1 amide bonds. The van der Waals surface area contributed by atoms with Crippen molar-refractivity contribution in [2.75, 3.05) is 13.1 Å². The number of nitrogens with two attached hydrogens (primary N) is 1. The Bertz CT molecular complexity index is 780. The first-order valence-corrected chi connectivity index (χ1v) is 9.86. The van der Waals surface area contributed by atoms with Gasteiger partial charge in [-0.15, -0.1) is 24.8 Å². The van der Waals surface area contributed by atoms with Crippen molar-refractivity contribution >= 4 is 42.3 Å². The van der Waals surface area contributed by atoms with Crippen molar-refractivity contribution in [1.82, 2.24) is 14.9 Å². The molecular formula is C20H27Cl3N4O. The van der Waals surface area contributed by atoms with Crippen molar-refractivity contribution < 1.29 is 4.79 Å². The summed E-state index contributed by atoms with van der Waals surface area (Å²) >= 11 is 5.97. The first-order chi connectivity index (χ1) is 12.7. The number of aromatic nitrogens is 2. The molecule has 154 valence electrons. The maximum absolute atomic E-state index is 13.1. The van der Waals surface area contributed by atoms with E-state index in [1.54, 1.807) is 0 Å². The molecule has 1 saturated carbocycles. The van der Waals surface area contributed by atoms with Crippen LogP contribution < -0.4 is 5.73 Å². The highest BCUT2D eigenvalue weighted by molar-refractivity contribution is 6.30. The van der Waals surface area contributed by atoms with Crippen molar-refractivity contribution in [3.8, 4) is 11.3 Å². The number of hydrogen-bond acceptors (Lipinski definition) is 3. The Hall–Kier alpha value is -1.27. The van der Waals surface area contributed by atoms with Gasteiger partial charge < -0.3 is 15.6 Å². The van der Waals surface area contributed by atoms with Gasteiger partial charge in [0.2, 0.25) is 5.91 Å². The SMILES string of the molecule is Cl.Cl.NC[C@H]1CCC[C@H]1C(=O)N1CCCC1c1ncc(-c2ccc(Cl)cc2)[nH]1. The summed E-state index contributed by atoms with van der Waals surface area (Å²) in [5, 5.41) is 0.715. The predicted octanol–water partition coefficient (Wildman–Crippen LogP) is 4.61. The number of carbonyl (C=O) groups excluding carboxylic acids is 1. The first-order valence-electron chi connectivity index (χ1n) is 9.48. The lowest BCUT2D eigenvalue weighted by atomic mass is 9.94. The van der Waals surface area contributed by atoms with Gasteiger partial charge >= 0.3 is 0 Å². The third-order valence-corrected chi connectivity index (χ3v) is 6.13. The van der Waals surface area contributed by atoms with Crippen LogP contribution in [0.5, 0.6) is 0 Å². The summed E-state index contributed by atoms with van der Waals surface area (Å²) in [6, 6.07) is 7.73. The van der Waals surface area contributed by atoms with Gasteiger partial charge in [-0.1, -0.05) is 30.2 Å². The minimum Gasteiger partial charge on any atom is -0.340 e. The Morgan fingerprint density at radius 3 is 2.64 bits per heavy atom. The Kier molecular flexibility index (Phi) is 8.19. The molecule has 1 aliphatic heterocycles. The topological polar surface area (TPSA) is 75.0 Å². The second kappa shape index (κ2) is 9.97. The van der Waals surface area contributed by atoms with E-state index in [4.69, 9.17) is 17.3 Å². The maximum Gasteiger partial charge on any atom is 0.226 e. The zero-order chi connectivity index (χ0) is 18.1. The average molecular weight is 446 g/mol. The van der Waals surface area contributed by atoms with Crippen LogP contribution in [0.2, 0.25) is 5.02 Å². The summed E-state index contributed by atoms with van der Waals surface area (Å²) < 4.78 is 0. The van der Waals surface area contributed by atoms with Crippen molar-refractivity contribution in [2.45, 2.75) is 38.1 Å². The molecule has 5 nitrogen and oxygen atoms in total. The summed E-state index contributed by atoms with van der Waals surface area (Å²) in [6.45, 7) is 1.42. The predicted molar refractivity (Wildman–Crippen MR) is 117 cm³/mol. The van der Waals surface area contributed by atoms with Crippen LogP contribution in [0, 0.1) is 11.8 Å². The first kappa shape index (κ1) is 23.0. The number of H-pyrrole nitrogens is 1. The van der Waals surface area contributed by atoms with Crippen LogP contribution in [0.3, 0.4) is 0 Å². The van der Waals surface area contributed by atoms with Crippen LogP contribution in [0.1, 0.15) is 44.0 Å². The fourth-order valence-electron chi connectivity index (χ4n) is 4.45. The summed E-state index contributed by atoms with van der Waals surface area (Å²) in [5.74, 6) is 1.57. The van der Waals surface area contributed by atoms with Crippen LogP contribution >= 0.6 is 36.4 Å². The standard InChI is InChI=1S/C20H25ClN4O.2ClH/c21-15-8-6-13(7-9-15)17-12-23-19(24-17)18-5-2-10-25(18)20(26)16-4-1-3-14(16)11-22;;/h6-9,12,14,16,18H,1-5,10-11,22H2,(H,23,24);2*1H/t14-,16-,18?;;/m1../s1. The normalized spacial score (nSPS) is 23.9. The van der Waals surface area contributed by atoms with Gasteiger partial charge in [0.25, 0.3) is 0 Å². The lowest BCUT2D eigenvalue weighted by molar-refractivity contribution is -0.137. The lowest BCUT2D eigenvalue weighted by Crippen LogP contribution is -2.39. The molecule has 1 aliphatic carbocycles. The molecular weight excluding hydrogens is 419 g/mol. The van der Waals surface area contributed by atoms with Gasteiger partial charge in [-0.2, -0.15) is 0 Å². The van der Waals surface area contributed by atoms with E-state index in [0.29, 0.717) is 17.5 Å². The van der Waals surface area contributed by atoms with E-state index < -0.39 is 0 Å². The zero-order valence-corrected chi connectivity index (χ0v) is 18.0. The summed E-state index contributed by atoms with van der Waals surface area (Å²) in [6.07, 6.45) is 6.98. The average Bonchev–Trinajstić information content (AvgIpc) is 3.40. The number of carbonyl (C=O) groups is 1. The zero-order valence-electron chi connectivity index (χ0n) is 15.6. The number of hydrogen-bond donors (Lipinski definition) is 2. The lowest BCUT2D eigenvalue weighted by Gasteiger charge is -2.28. The fraction of sp³-hybridized carbons (Fsp3) is 0.500. The number of amides is 1. The van der Waals surface area contributed by atoms with Gasteiger partial charge in [-0.05, 0) is 55.8 Å².